The van der Waals surface area contributed by atoms with Gasteiger partial charge in [-0.2, -0.15) is 0 Å². The van der Waals surface area contributed by atoms with E-state index >= 15 is 0 Å². The number of rotatable bonds is 9. The Balaban J connectivity index is 2.50. The SMILES string of the molecule is CCCCc1ccc(OC(CCC)CNC)cc1. The minimum atomic E-state index is 0.279. The molecule has 0 saturated carbocycles. The summed E-state index contributed by atoms with van der Waals surface area (Å²) >= 11 is 0. The lowest BCUT2D eigenvalue weighted by molar-refractivity contribution is 0.189. The zero-order chi connectivity index (χ0) is 13.2. The molecule has 102 valence electrons. The van der Waals surface area contributed by atoms with Crippen LogP contribution in [-0.4, -0.2) is 19.7 Å². The molecule has 1 aromatic carbocycles. The van der Waals surface area contributed by atoms with Crippen LogP contribution < -0.4 is 10.1 Å². The van der Waals surface area contributed by atoms with Crippen molar-refractivity contribution in [3.8, 4) is 5.75 Å². The zero-order valence-electron chi connectivity index (χ0n) is 12.0. The number of aryl methyl sites for hydroxylation is 1. The average molecular weight is 249 g/mol. The highest BCUT2D eigenvalue weighted by atomic mass is 16.5. The molecule has 1 rings (SSSR count). The van der Waals surface area contributed by atoms with Gasteiger partial charge in [-0.25, -0.2) is 0 Å². The largest absolute Gasteiger partial charge is 0.489 e. The number of hydrogen-bond donors (Lipinski definition) is 1. The van der Waals surface area contributed by atoms with Crippen molar-refractivity contribution in [2.24, 2.45) is 0 Å². The molecule has 0 bridgehead atoms. The fourth-order valence-corrected chi connectivity index (χ4v) is 2.06. The van der Waals surface area contributed by atoms with Gasteiger partial charge in [-0.15, -0.1) is 0 Å². The maximum absolute atomic E-state index is 5.99. The first-order valence-electron chi connectivity index (χ1n) is 7.20. The molecule has 18 heavy (non-hydrogen) atoms. The van der Waals surface area contributed by atoms with E-state index < -0.39 is 0 Å². The molecule has 0 aromatic heterocycles. The Morgan fingerprint density at radius 3 is 2.39 bits per heavy atom. The third kappa shape index (κ3) is 5.54. The van der Waals surface area contributed by atoms with Crippen LogP contribution in [-0.2, 0) is 6.42 Å². The van der Waals surface area contributed by atoms with Crippen LogP contribution >= 0.6 is 0 Å². The second kappa shape index (κ2) is 8.98. The lowest BCUT2D eigenvalue weighted by Crippen LogP contribution is -2.29. The van der Waals surface area contributed by atoms with E-state index in [0.717, 1.165) is 25.1 Å². The van der Waals surface area contributed by atoms with Crippen molar-refractivity contribution < 1.29 is 4.74 Å². The van der Waals surface area contributed by atoms with Crippen molar-refractivity contribution in [2.45, 2.75) is 52.1 Å². The molecule has 1 aromatic rings. The summed E-state index contributed by atoms with van der Waals surface area (Å²) < 4.78 is 5.99. The number of unbranched alkanes of at least 4 members (excludes halogenated alkanes) is 1. The molecular weight excluding hydrogens is 222 g/mol. The fourth-order valence-electron chi connectivity index (χ4n) is 2.06. The number of likely N-dealkylation sites (N-methyl/N-ethyl adjacent to an activating group) is 1. The monoisotopic (exact) mass is 249 g/mol. The number of benzene rings is 1. The van der Waals surface area contributed by atoms with Gasteiger partial charge in [0, 0.05) is 6.54 Å². The maximum atomic E-state index is 5.99. The summed E-state index contributed by atoms with van der Waals surface area (Å²) in [6, 6.07) is 8.58. The molecule has 0 radical (unpaired) electrons. The van der Waals surface area contributed by atoms with Gasteiger partial charge in [-0.05, 0) is 44.0 Å². The molecule has 1 unspecified atom stereocenters. The van der Waals surface area contributed by atoms with Crippen molar-refractivity contribution in [1.82, 2.24) is 5.32 Å². The van der Waals surface area contributed by atoms with E-state index in [1.807, 2.05) is 7.05 Å². The van der Waals surface area contributed by atoms with Crippen molar-refractivity contribution in [3.05, 3.63) is 29.8 Å². The Morgan fingerprint density at radius 2 is 1.83 bits per heavy atom. The predicted molar refractivity (Wildman–Crippen MR) is 78.3 cm³/mol. The van der Waals surface area contributed by atoms with E-state index in [1.165, 1.54) is 24.8 Å². The first-order chi connectivity index (χ1) is 8.80. The highest BCUT2D eigenvalue weighted by Crippen LogP contribution is 2.16. The van der Waals surface area contributed by atoms with Gasteiger partial charge < -0.3 is 10.1 Å². The van der Waals surface area contributed by atoms with Gasteiger partial charge in [-0.1, -0.05) is 38.8 Å². The quantitative estimate of drug-likeness (QED) is 0.719. The minimum absolute atomic E-state index is 0.279. The van der Waals surface area contributed by atoms with Crippen LogP contribution in [0.4, 0.5) is 0 Å². The molecule has 1 N–H and O–H groups in total. The summed E-state index contributed by atoms with van der Waals surface area (Å²) in [7, 11) is 1.97. The fraction of sp³-hybridized carbons (Fsp3) is 0.625. The molecule has 1 atom stereocenters. The normalized spacial score (nSPS) is 12.4. The molecule has 0 saturated heterocycles. The number of hydrogen-bond acceptors (Lipinski definition) is 2. The summed E-state index contributed by atoms with van der Waals surface area (Å²) in [6.07, 6.45) is 6.21. The first kappa shape index (κ1) is 15.0. The Bertz CT molecular complexity index is 301. The van der Waals surface area contributed by atoms with Gasteiger partial charge in [0.1, 0.15) is 11.9 Å². The van der Waals surface area contributed by atoms with Crippen molar-refractivity contribution in [1.29, 1.82) is 0 Å². The molecule has 0 aliphatic rings. The Hall–Kier alpha value is -1.02. The van der Waals surface area contributed by atoms with Crippen LogP contribution in [0.1, 0.15) is 45.1 Å². The van der Waals surface area contributed by atoms with Gasteiger partial charge in [0.15, 0.2) is 0 Å². The lowest BCUT2D eigenvalue weighted by atomic mass is 10.1. The van der Waals surface area contributed by atoms with E-state index in [0.29, 0.717) is 0 Å². The van der Waals surface area contributed by atoms with Gasteiger partial charge in [0.25, 0.3) is 0 Å². The second-order valence-electron chi connectivity index (χ2n) is 4.83. The predicted octanol–water partition coefficient (Wildman–Crippen LogP) is 3.80. The van der Waals surface area contributed by atoms with Crippen LogP contribution in [0.5, 0.6) is 5.75 Å². The van der Waals surface area contributed by atoms with Crippen molar-refractivity contribution in [3.63, 3.8) is 0 Å². The summed E-state index contributed by atoms with van der Waals surface area (Å²) in [5.74, 6) is 0.990. The second-order valence-corrected chi connectivity index (χ2v) is 4.83. The van der Waals surface area contributed by atoms with E-state index in [9.17, 15) is 0 Å². The van der Waals surface area contributed by atoms with Crippen LogP contribution in [0.25, 0.3) is 0 Å². The molecular formula is C16H27NO. The first-order valence-corrected chi connectivity index (χ1v) is 7.20. The van der Waals surface area contributed by atoms with E-state index in [-0.39, 0.29) is 6.10 Å². The van der Waals surface area contributed by atoms with E-state index in [1.54, 1.807) is 0 Å². The van der Waals surface area contributed by atoms with Gasteiger partial charge in [-0.3, -0.25) is 0 Å². The van der Waals surface area contributed by atoms with E-state index in [2.05, 4.69) is 43.4 Å². The summed E-state index contributed by atoms with van der Waals surface area (Å²) in [5, 5.41) is 3.19. The lowest BCUT2D eigenvalue weighted by Gasteiger charge is -2.18. The summed E-state index contributed by atoms with van der Waals surface area (Å²) in [5.41, 5.74) is 1.41. The molecule has 0 aliphatic heterocycles. The summed E-state index contributed by atoms with van der Waals surface area (Å²) in [4.78, 5) is 0. The maximum Gasteiger partial charge on any atom is 0.119 e. The molecule has 2 heteroatoms. The topological polar surface area (TPSA) is 21.3 Å². The van der Waals surface area contributed by atoms with Crippen molar-refractivity contribution >= 4 is 0 Å². The highest BCUT2D eigenvalue weighted by molar-refractivity contribution is 5.27. The van der Waals surface area contributed by atoms with Crippen LogP contribution in [0, 0.1) is 0 Å². The minimum Gasteiger partial charge on any atom is -0.489 e. The third-order valence-corrected chi connectivity index (χ3v) is 3.09. The van der Waals surface area contributed by atoms with Gasteiger partial charge in [0.05, 0.1) is 0 Å². The smallest absolute Gasteiger partial charge is 0.119 e. The number of ether oxygens (including phenoxy) is 1. The Morgan fingerprint density at radius 1 is 1.11 bits per heavy atom. The van der Waals surface area contributed by atoms with Gasteiger partial charge >= 0.3 is 0 Å². The van der Waals surface area contributed by atoms with Crippen LogP contribution in [0.2, 0.25) is 0 Å². The molecule has 0 heterocycles. The summed E-state index contributed by atoms with van der Waals surface area (Å²) in [6.45, 7) is 5.33. The van der Waals surface area contributed by atoms with Gasteiger partial charge in [0.2, 0.25) is 0 Å². The molecule has 0 fully saturated rings. The Labute approximate surface area is 112 Å². The number of nitrogens with one attached hydrogen (secondary N) is 1. The van der Waals surface area contributed by atoms with Crippen LogP contribution in [0.3, 0.4) is 0 Å². The standard InChI is InChI=1S/C16H27NO/c1-4-6-8-14-9-11-15(12-10-14)18-16(7-5-2)13-17-3/h9-12,16-17H,4-8,13H2,1-3H3. The highest BCUT2D eigenvalue weighted by Gasteiger charge is 2.08. The molecule has 0 amide bonds. The Kier molecular flexibility index (Phi) is 7.51. The average Bonchev–Trinajstić information content (AvgIpc) is 2.38. The van der Waals surface area contributed by atoms with E-state index in [4.69, 9.17) is 4.74 Å². The molecule has 0 spiro atoms. The van der Waals surface area contributed by atoms with Crippen molar-refractivity contribution in [2.75, 3.05) is 13.6 Å². The molecule has 0 aliphatic carbocycles. The third-order valence-electron chi connectivity index (χ3n) is 3.09. The van der Waals surface area contributed by atoms with Crippen LogP contribution in [0.15, 0.2) is 24.3 Å². The zero-order valence-corrected chi connectivity index (χ0v) is 12.0. The molecule has 2 nitrogen and oxygen atoms in total.